The molecule has 12 aromatic rings. The van der Waals surface area contributed by atoms with Crippen LogP contribution in [0.2, 0.25) is 0 Å². The predicted octanol–water partition coefficient (Wildman–Crippen LogP) is 15.7. The minimum atomic E-state index is 1.15. The van der Waals surface area contributed by atoms with Crippen LogP contribution in [0.25, 0.3) is 111 Å². The van der Waals surface area contributed by atoms with E-state index in [1.54, 1.807) is 0 Å². The summed E-state index contributed by atoms with van der Waals surface area (Å²) in [6, 6.07) is 79.6. The first-order valence-corrected chi connectivity index (χ1v) is 20.7. The average molecular weight is 763 g/mol. The number of rotatable bonds is 6. The Morgan fingerprint density at radius 2 is 0.633 bits per heavy atom. The molecule has 280 valence electrons. The molecule has 0 amide bonds. The van der Waals surface area contributed by atoms with Gasteiger partial charge >= 0.3 is 0 Å². The lowest BCUT2D eigenvalue weighted by atomic mass is 9.97. The van der Waals surface area contributed by atoms with Crippen molar-refractivity contribution in [3.05, 3.63) is 230 Å². The molecule has 0 bridgehead atoms. The summed E-state index contributed by atoms with van der Waals surface area (Å²) >= 11 is 0. The lowest BCUT2D eigenvalue weighted by Crippen LogP contribution is -1.94. The van der Waals surface area contributed by atoms with Crippen molar-refractivity contribution < 1.29 is 0 Å². The summed E-state index contributed by atoms with van der Waals surface area (Å²) in [6.45, 7) is 0. The maximum atomic E-state index is 2.39. The van der Waals surface area contributed by atoms with Crippen LogP contribution in [0, 0.1) is 0 Å². The largest absolute Gasteiger partial charge is 0.309 e. The lowest BCUT2D eigenvalue weighted by Gasteiger charge is -2.10. The molecular weight excluding hydrogens is 725 g/mol. The molecule has 2 heterocycles. The first-order valence-electron chi connectivity index (χ1n) is 20.7. The normalized spacial score (nSPS) is 11.9. The number of nitrogens with zero attached hydrogens (tertiary/aromatic N) is 2. The van der Waals surface area contributed by atoms with Crippen molar-refractivity contribution in [1.82, 2.24) is 9.13 Å². The van der Waals surface area contributed by atoms with E-state index in [2.05, 4.69) is 240 Å². The molecule has 0 unspecified atom stereocenters. The van der Waals surface area contributed by atoms with Gasteiger partial charge in [0.15, 0.2) is 0 Å². The fraction of sp³-hybridized carbons (Fsp3) is 0. The standard InChI is InChI=1S/C58H38N2/c1-3-15-47-41(11-1)13-9-19-49(47)43-29-35-57-53(37-43)51-17-5-7-21-55(51)59(57)45-31-25-39(26-32-45)23-24-40-27-33-46(34-28-40)60-56-22-8-6-18-52(56)54-38-44(30-36-58(54)60)50-20-10-14-42-12-2-4-16-48(42)50/h1-38H/b24-23+. The molecule has 2 aromatic heterocycles. The first kappa shape index (κ1) is 34.1. The highest BCUT2D eigenvalue weighted by Gasteiger charge is 2.16. The summed E-state index contributed by atoms with van der Waals surface area (Å²) in [5.41, 5.74) is 14.4. The summed E-state index contributed by atoms with van der Waals surface area (Å²) in [5.74, 6) is 0. The van der Waals surface area contributed by atoms with E-state index in [-0.39, 0.29) is 0 Å². The number of hydrogen-bond donors (Lipinski definition) is 0. The molecule has 0 aliphatic rings. The highest BCUT2D eigenvalue weighted by Crippen LogP contribution is 2.39. The average Bonchev–Trinajstić information content (AvgIpc) is 3.83. The highest BCUT2D eigenvalue weighted by atomic mass is 15.0. The second-order valence-corrected chi connectivity index (χ2v) is 15.7. The molecule has 12 rings (SSSR count). The smallest absolute Gasteiger partial charge is 0.0541 e. The summed E-state index contributed by atoms with van der Waals surface area (Å²) in [4.78, 5) is 0. The molecule has 2 nitrogen and oxygen atoms in total. The quantitative estimate of drug-likeness (QED) is 0.149. The zero-order valence-electron chi connectivity index (χ0n) is 32.8. The molecule has 0 fully saturated rings. The van der Waals surface area contributed by atoms with Gasteiger partial charge in [-0.3, -0.25) is 0 Å². The summed E-state index contributed by atoms with van der Waals surface area (Å²) in [5, 5.41) is 10.1. The van der Waals surface area contributed by atoms with E-state index >= 15 is 0 Å². The van der Waals surface area contributed by atoms with Crippen molar-refractivity contribution in [3.63, 3.8) is 0 Å². The number of hydrogen-bond acceptors (Lipinski definition) is 0. The molecule has 0 N–H and O–H groups in total. The zero-order valence-corrected chi connectivity index (χ0v) is 32.8. The Labute approximate surface area is 348 Å². The molecule has 0 saturated carbocycles. The van der Waals surface area contributed by atoms with Crippen molar-refractivity contribution in [3.8, 4) is 33.6 Å². The number of para-hydroxylation sites is 2. The summed E-state index contributed by atoms with van der Waals surface area (Å²) in [6.07, 6.45) is 4.41. The van der Waals surface area contributed by atoms with Crippen LogP contribution in [-0.4, -0.2) is 9.13 Å². The molecule has 0 aliphatic heterocycles. The van der Waals surface area contributed by atoms with E-state index in [0.29, 0.717) is 0 Å². The van der Waals surface area contributed by atoms with Crippen molar-refractivity contribution in [2.45, 2.75) is 0 Å². The number of benzene rings is 10. The van der Waals surface area contributed by atoms with E-state index in [9.17, 15) is 0 Å². The Morgan fingerprint density at radius 1 is 0.267 bits per heavy atom. The summed E-state index contributed by atoms with van der Waals surface area (Å²) in [7, 11) is 0. The van der Waals surface area contributed by atoms with Gasteiger partial charge in [-0.2, -0.15) is 0 Å². The van der Waals surface area contributed by atoms with Crippen LogP contribution >= 0.6 is 0 Å². The predicted molar refractivity (Wildman–Crippen MR) is 256 cm³/mol. The van der Waals surface area contributed by atoms with Crippen LogP contribution < -0.4 is 0 Å². The molecule has 0 atom stereocenters. The van der Waals surface area contributed by atoms with Crippen LogP contribution in [0.4, 0.5) is 0 Å². The minimum Gasteiger partial charge on any atom is -0.309 e. The third-order valence-corrected chi connectivity index (χ3v) is 12.3. The second-order valence-electron chi connectivity index (χ2n) is 15.7. The van der Waals surface area contributed by atoms with Crippen LogP contribution in [0.1, 0.15) is 11.1 Å². The SMILES string of the molecule is C(=C\c1ccc(-n2c3ccccc3c3cc(-c4cccc5ccccc45)ccc32)cc1)/c1ccc(-n2c3ccccc3c3cc(-c4cccc5ccccc45)ccc32)cc1. The molecule has 0 radical (unpaired) electrons. The highest BCUT2D eigenvalue weighted by molar-refractivity contribution is 6.13. The topological polar surface area (TPSA) is 9.86 Å². The molecule has 2 heteroatoms. The summed E-state index contributed by atoms with van der Waals surface area (Å²) < 4.78 is 4.78. The van der Waals surface area contributed by atoms with Gasteiger partial charge in [0.1, 0.15) is 0 Å². The van der Waals surface area contributed by atoms with Crippen LogP contribution in [0.3, 0.4) is 0 Å². The second kappa shape index (κ2) is 13.9. The van der Waals surface area contributed by atoms with Gasteiger partial charge < -0.3 is 9.13 Å². The van der Waals surface area contributed by atoms with Gasteiger partial charge in [0.2, 0.25) is 0 Å². The molecule has 0 aliphatic carbocycles. The lowest BCUT2D eigenvalue weighted by molar-refractivity contribution is 1.18. The van der Waals surface area contributed by atoms with E-state index in [1.165, 1.54) is 87.4 Å². The van der Waals surface area contributed by atoms with E-state index in [0.717, 1.165) is 22.5 Å². The van der Waals surface area contributed by atoms with Crippen molar-refractivity contribution in [2.75, 3.05) is 0 Å². The van der Waals surface area contributed by atoms with Crippen LogP contribution in [0.15, 0.2) is 218 Å². The van der Waals surface area contributed by atoms with E-state index in [1.807, 2.05) is 0 Å². The Bertz CT molecular complexity index is 3380. The Hall–Kier alpha value is -7.94. The Balaban J connectivity index is 0.846. The monoisotopic (exact) mass is 762 g/mol. The van der Waals surface area contributed by atoms with Crippen molar-refractivity contribution in [2.24, 2.45) is 0 Å². The maximum absolute atomic E-state index is 2.39. The van der Waals surface area contributed by atoms with Gasteiger partial charge in [-0.25, -0.2) is 0 Å². The van der Waals surface area contributed by atoms with E-state index < -0.39 is 0 Å². The van der Waals surface area contributed by atoms with Crippen molar-refractivity contribution >= 4 is 77.3 Å². The van der Waals surface area contributed by atoms with E-state index in [4.69, 9.17) is 0 Å². The maximum Gasteiger partial charge on any atom is 0.0541 e. The molecule has 60 heavy (non-hydrogen) atoms. The van der Waals surface area contributed by atoms with Gasteiger partial charge in [-0.1, -0.05) is 170 Å². The molecule has 0 spiro atoms. The minimum absolute atomic E-state index is 1.15. The zero-order chi connectivity index (χ0) is 39.6. The molecular formula is C58H38N2. The number of aromatic nitrogens is 2. The fourth-order valence-corrected chi connectivity index (χ4v) is 9.45. The molecule has 10 aromatic carbocycles. The Morgan fingerprint density at radius 3 is 1.08 bits per heavy atom. The van der Waals surface area contributed by atoms with Gasteiger partial charge in [-0.05, 0) is 116 Å². The van der Waals surface area contributed by atoms with Crippen LogP contribution in [0.5, 0.6) is 0 Å². The van der Waals surface area contributed by atoms with Gasteiger partial charge in [0.05, 0.1) is 22.1 Å². The molecule has 0 saturated heterocycles. The van der Waals surface area contributed by atoms with Crippen LogP contribution in [-0.2, 0) is 0 Å². The van der Waals surface area contributed by atoms with Gasteiger partial charge in [0, 0.05) is 32.9 Å². The third kappa shape index (κ3) is 5.57. The first-order chi connectivity index (χ1) is 29.7. The van der Waals surface area contributed by atoms with Gasteiger partial charge in [-0.15, -0.1) is 0 Å². The number of fused-ring (bicyclic) bond motifs is 8. The van der Waals surface area contributed by atoms with Crippen molar-refractivity contribution in [1.29, 1.82) is 0 Å². The third-order valence-electron chi connectivity index (χ3n) is 12.3. The fourth-order valence-electron chi connectivity index (χ4n) is 9.45. The van der Waals surface area contributed by atoms with Gasteiger partial charge in [0.25, 0.3) is 0 Å². The Kier molecular flexibility index (Phi) is 7.89.